The molecule has 1 rings (SSSR count). The van der Waals surface area contributed by atoms with Crippen LogP contribution >= 0.6 is 0 Å². The van der Waals surface area contributed by atoms with Crippen molar-refractivity contribution in [2.45, 2.75) is 12.8 Å². The quantitative estimate of drug-likeness (QED) is 0.647. The van der Waals surface area contributed by atoms with E-state index in [1.807, 2.05) is 7.05 Å². The zero-order valence-electron chi connectivity index (χ0n) is 8.25. The van der Waals surface area contributed by atoms with Crippen molar-refractivity contribution >= 4 is 5.91 Å². The molecule has 1 saturated heterocycles. The number of amides is 1. The van der Waals surface area contributed by atoms with Gasteiger partial charge in [-0.3, -0.25) is 4.79 Å². The van der Waals surface area contributed by atoms with E-state index in [2.05, 4.69) is 11.9 Å². The van der Waals surface area contributed by atoms with Crippen LogP contribution in [0.3, 0.4) is 0 Å². The van der Waals surface area contributed by atoms with Crippen molar-refractivity contribution in [3.63, 3.8) is 0 Å². The number of likely N-dealkylation sites (N-methyl/N-ethyl adjacent to an activating group) is 1. The third kappa shape index (κ3) is 3.19. The first kappa shape index (κ1) is 10.3. The molecule has 0 spiro atoms. The largest absolute Gasteiger partial charge is 0.342 e. The number of carbonyl (C=O) groups excluding carboxylic acids is 1. The molecular formula is C10H18N2O. The molecule has 1 fully saturated rings. The second-order valence-corrected chi connectivity index (χ2v) is 3.63. The van der Waals surface area contributed by atoms with Gasteiger partial charge in [0.2, 0.25) is 5.91 Å². The molecule has 13 heavy (non-hydrogen) atoms. The van der Waals surface area contributed by atoms with Gasteiger partial charge < -0.3 is 10.2 Å². The number of carbonyl (C=O) groups is 1. The fourth-order valence-corrected chi connectivity index (χ4v) is 1.59. The molecule has 0 saturated carbocycles. The van der Waals surface area contributed by atoms with Crippen molar-refractivity contribution in [2.24, 2.45) is 5.92 Å². The van der Waals surface area contributed by atoms with Crippen LogP contribution in [-0.2, 0) is 4.79 Å². The second-order valence-electron chi connectivity index (χ2n) is 3.63. The van der Waals surface area contributed by atoms with E-state index in [1.54, 1.807) is 11.0 Å². The summed E-state index contributed by atoms with van der Waals surface area (Å²) in [5, 5.41) is 3.26. The van der Waals surface area contributed by atoms with Crippen molar-refractivity contribution in [1.82, 2.24) is 10.2 Å². The van der Waals surface area contributed by atoms with Crippen LogP contribution in [0.2, 0.25) is 0 Å². The van der Waals surface area contributed by atoms with E-state index < -0.39 is 0 Å². The Bertz CT molecular complexity index is 185. The summed E-state index contributed by atoms with van der Waals surface area (Å²) < 4.78 is 0. The van der Waals surface area contributed by atoms with Gasteiger partial charge in [-0.05, 0) is 25.4 Å². The highest BCUT2D eigenvalue weighted by Crippen LogP contribution is 2.13. The highest BCUT2D eigenvalue weighted by Gasteiger charge is 2.19. The van der Waals surface area contributed by atoms with Gasteiger partial charge in [-0.25, -0.2) is 0 Å². The van der Waals surface area contributed by atoms with Crippen molar-refractivity contribution in [3.8, 4) is 0 Å². The van der Waals surface area contributed by atoms with E-state index >= 15 is 0 Å². The van der Waals surface area contributed by atoms with E-state index in [-0.39, 0.29) is 5.91 Å². The van der Waals surface area contributed by atoms with Gasteiger partial charge in [0.15, 0.2) is 0 Å². The van der Waals surface area contributed by atoms with Gasteiger partial charge in [0.1, 0.15) is 0 Å². The van der Waals surface area contributed by atoms with Crippen molar-refractivity contribution < 1.29 is 4.79 Å². The lowest BCUT2D eigenvalue weighted by Crippen LogP contribution is -2.28. The highest BCUT2D eigenvalue weighted by molar-refractivity contribution is 5.76. The molecule has 1 N–H and O–H groups in total. The molecular weight excluding hydrogens is 164 g/mol. The van der Waals surface area contributed by atoms with Crippen LogP contribution < -0.4 is 5.32 Å². The predicted octanol–water partition coefficient (Wildman–Crippen LogP) is 0.630. The second kappa shape index (κ2) is 5.02. The molecule has 1 unspecified atom stereocenters. The number of nitrogens with one attached hydrogen (secondary N) is 1. The Kier molecular flexibility index (Phi) is 3.96. The van der Waals surface area contributed by atoms with Gasteiger partial charge in [-0.1, -0.05) is 6.08 Å². The normalized spacial score (nSPS) is 21.5. The predicted molar refractivity (Wildman–Crippen MR) is 53.4 cm³/mol. The number of nitrogens with zero attached hydrogens (tertiary/aromatic N) is 1. The lowest BCUT2D eigenvalue weighted by Gasteiger charge is -2.16. The van der Waals surface area contributed by atoms with E-state index in [1.165, 1.54) is 0 Å². The summed E-state index contributed by atoms with van der Waals surface area (Å²) in [6.07, 6.45) is 3.57. The summed E-state index contributed by atoms with van der Waals surface area (Å²) in [4.78, 5) is 13.3. The SMILES string of the molecule is C=CCN(C)C(=O)CC1CCNC1. The molecule has 3 heteroatoms. The van der Waals surface area contributed by atoms with E-state index in [4.69, 9.17) is 0 Å². The maximum atomic E-state index is 11.5. The van der Waals surface area contributed by atoms with Crippen molar-refractivity contribution in [2.75, 3.05) is 26.7 Å². The molecule has 0 aromatic carbocycles. The molecule has 0 bridgehead atoms. The summed E-state index contributed by atoms with van der Waals surface area (Å²) in [6.45, 7) is 6.31. The Morgan fingerprint density at radius 2 is 2.54 bits per heavy atom. The van der Waals surface area contributed by atoms with Crippen LogP contribution in [0.4, 0.5) is 0 Å². The molecule has 1 heterocycles. The summed E-state index contributed by atoms with van der Waals surface area (Å²) in [5.74, 6) is 0.772. The number of hydrogen-bond donors (Lipinski definition) is 1. The average molecular weight is 182 g/mol. The highest BCUT2D eigenvalue weighted by atomic mass is 16.2. The Labute approximate surface area is 79.8 Å². The molecule has 0 aromatic heterocycles. The van der Waals surface area contributed by atoms with Crippen LogP contribution in [0.25, 0.3) is 0 Å². The van der Waals surface area contributed by atoms with Crippen LogP contribution in [0.1, 0.15) is 12.8 Å². The maximum absolute atomic E-state index is 11.5. The third-order valence-corrected chi connectivity index (χ3v) is 2.45. The monoisotopic (exact) mass is 182 g/mol. The van der Waals surface area contributed by atoms with Gasteiger partial charge in [0.05, 0.1) is 0 Å². The summed E-state index contributed by atoms with van der Waals surface area (Å²) in [6, 6.07) is 0. The summed E-state index contributed by atoms with van der Waals surface area (Å²) in [5.41, 5.74) is 0. The molecule has 74 valence electrons. The molecule has 1 amide bonds. The molecule has 0 aromatic rings. The van der Waals surface area contributed by atoms with Crippen molar-refractivity contribution in [1.29, 1.82) is 0 Å². The Hall–Kier alpha value is -0.830. The van der Waals surface area contributed by atoms with Gasteiger partial charge in [0.25, 0.3) is 0 Å². The molecule has 1 aliphatic heterocycles. The van der Waals surface area contributed by atoms with E-state index in [0.29, 0.717) is 18.9 Å². The molecule has 1 aliphatic rings. The minimum Gasteiger partial charge on any atom is -0.342 e. The van der Waals surface area contributed by atoms with Gasteiger partial charge >= 0.3 is 0 Å². The fourth-order valence-electron chi connectivity index (χ4n) is 1.59. The minimum atomic E-state index is 0.230. The molecule has 0 radical (unpaired) electrons. The van der Waals surface area contributed by atoms with Crippen LogP contribution in [0.15, 0.2) is 12.7 Å². The standard InChI is InChI=1S/C10H18N2O/c1-3-6-12(2)10(13)7-9-4-5-11-8-9/h3,9,11H,1,4-8H2,2H3. The lowest BCUT2D eigenvalue weighted by molar-refractivity contribution is -0.130. The maximum Gasteiger partial charge on any atom is 0.222 e. The van der Waals surface area contributed by atoms with Crippen molar-refractivity contribution in [3.05, 3.63) is 12.7 Å². The van der Waals surface area contributed by atoms with Crippen LogP contribution in [0, 0.1) is 5.92 Å². The Balaban J connectivity index is 2.26. The summed E-state index contributed by atoms with van der Waals surface area (Å²) in [7, 11) is 1.83. The van der Waals surface area contributed by atoms with Gasteiger partial charge in [0, 0.05) is 20.0 Å². The fraction of sp³-hybridized carbons (Fsp3) is 0.700. The zero-order chi connectivity index (χ0) is 9.68. The molecule has 1 atom stereocenters. The zero-order valence-corrected chi connectivity index (χ0v) is 8.25. The van der Waals surface area contributed by atoms with Gasteiger partial charge in [-0.15, -0.1) is 6.58 Å². The number of rotatable bonds is 4. The van der Waals surface area contributed by atoms with E-state index in [0.717, 1.165) is 19.5 Å². The van der Waals surface area contributed by atoms with Gasteiger partial charge in [-0.2, -0.15) is 0 Å². The first-order valence-electron chi connectivity index (χ1n) is 4.79. The van der Waals surface area contributed by atoms with E-state index in [9.17, 15) is 4.79 Å². The third-order valence-electron chi connectivity index (χ3n) is 2.45. The average Bonchev–Trinajstić information content (AvgIpc) is 2.57. The van der Waals surface area contributed by atoms with Crippen LogP contribution in [0.5, 0.6) is 0 Å². The van der Waals surface area contributed by atoms with Crippen LogP contribution in [-0.4, -0.2) is 37.5 Å². The topological polar surface area (TPSA) is 32.3 Å². The minimum absolute atomic E-state index is 0.230. The molecule has 3 nitrogen and oxygen atoms in total. The number of hydrogen-bond acceptors (Lipinski definition) is 2. The Morgan fingerprint density at radius 3 is 3.08 bits per heavy atom. The Morgan fingerprint density at radius 1 is 1.77 bits per heavy atom. The first-order chi connectivity index (χ1) is 6.24. The summed E-state index contributed by atoms with van der Waals surface area (Å²) >= 11 is 0. The smallest absolute Gasteiger partial charge is 0.222 e. The first-order valence-corrected chi connectivity index (χ1v) is 4.79. The molecule has 0 aliphatic carbocycles. The lowest BCUT2D eigenvalue weighted by atomic mass is 10.0.